The highest BCUT2D eigenvalue weighted by Gasteiger charge is 2.23. The number of urea groups is 1. The Morgan fingerprint density at radius 2 is 1.31 bits per heavy atom. The monoisotopic (exact) mass is 475 g/mol. The second kappa shape index (κ2) is 10.1. The van der Waals surface area contributed by atoms with Crippen LogP contribution in [0.5, 0.6) is 0 Å². The quantitative estimate of drug-likeness (QED) is 0.293. The summed E-state index contributed by atoms with van der Waals surface area (Å²) in [5.41, 5.74) is 4.54. The van der Waals surface area contributed by atoms with Gasteiger partial charge in [0.05, 0.1) is 11.0 Å². The van der Waals surface area contributed by atoms with Crippen molar-refractivity contribution >= 4 is 34.3 Å². The predicted octanol–water partition coefficient (Wildman–Crippen LogP) is 5.74. The van der Waals surface area contributed by atoms with Crippen molar-refractivity contribution in [2.24, 2.45) is 7.05 Å². The van der Waals surface area contributed by atoms with E-state index in [2.05, 4.69) is 16.0 Å². The van der Waals surface area contributed by atoms with Gasteiger partial charge in [-0.2, -0.15) is 0 Å². The van der Waals surface area contributed by atoms with E-state index >= 15 is 0 Å². The summed E-state index contributed by atoms with van der Waals surface area (Å²) < 4.78 is 2.01. The van der Waals surface area contributed by atoms with Crippen LogP contribution < -0.4 is 16.0 Å². The van der Waals surface area contributed by atoms with E-state index in [1.54, 1.807) is 36.4 Å². The number of anilines is 2. The average Bonchev–Trinajstić information content (AvgIpc) is 3.24. The largest absolute Gasteiger partial charge is 0.338 e. The third-order valence-electron chi connectivity index (χ3n) is 5.92. The van der Waals surface area contributed by atoms with E-state index in [9.17, 15) is 9.59 Å². The molecule has 3 amide bonds. The number of nitrogens with one attached hydrogen (secondary N) is 3. The fourth-order valence-electron chi connectivity index (χ4n) is 4.10. The van der Waals surface area contributed by atoms with Gasteiger partial charge in [0, 0.05) is 24.0 Å². The van der Waals surface area contributed by atoms with Gasteiger partial charge in [-0.15, -0.1) is 0 Å². The van der Waals surface area contributed by atoms with Gasteiger partial charge in [-0.1, -0.05) is 60.7 Å². The molecule has 1 aromatic heterocycles. The minimum absolute atomic E-state index is 0.240. The van der Waals surface area contributed by atoms with E-state index in [0.717, 1.165) is 22.4 Å². The van der Waals surface area contributed by atoms with Crippen LogP contribution in [0.1, 0.15) is 27.8 Å². The van der Waals surface area contributed by atoms with E-state index in [-0.39, 0.29) is 11.9 Å². The van der Waals surface area contributed by atoms with Gasteiger partial charge in [-0.25, -0.2) is 9.78 Å². The van der Waals surface area contributed by atoms with Crippen LogP contribution in [0.3, 0.4) is 0 Å². The number of hydrogen-bond acceptors (Lipinski definition) is 3. The molecule has 0 aliphatic rings. The molecule has 4 aromatic carbocycles. The minimum atomic E-state index is -0.439. The van der Waals surface area contributed by atoms with E-state index in [0.29, 0.717) is 16.9 Å². The maximum Gasteiger partial charge on any atom is 0.323 e. The number of aromatic nitrogens is 2. The second-order valence-corrected chi connectivity index (χ2v) is 8.36. The van der Waals surface area contributed by atoms with Crippen molar-refractivity contribution in [2.75, 3.05) is 10.6 Å². The first-order valence-corrected chi connectivity index (χ1v) is 11.6. The van der Waals surface area contributed by atoms with E-state index in [4.69, 9.17) is 4.98 Å². The van der Waals surface area contributed by atoms with Crippen molar-refractivity contribution in [2.45, 2.75) is 6.04 Å². The van der Waals surface area contributed by atoms with Gasteiger partial charge in [0.2, 0.25) is 0 Å². The number of carbonyl (C=O) groups excluding carboxylic acids is 2. The molecular formula is C29H25N5O2. The molecule has 178 valence electrons. The third kappa shape index (κ3) is 4.95. The maximum absolute atomic E-state index is 13.3. The molecule has 3 N–H and O–H groups in total. The van der Waals surface area contributed by atoms with Gasteiger partial charge >= 0.3 is 6.03 Å². The van der Waals surface area contributed by atoms with Crippen LogP contribution in [0.2, 0.25) is 0 Å². The van der Waals surface area contributed by atoms with Crippen molar-refractivity contribution in [3.63, 3.8) is 0 Å². The highest BCUT2D eigenvalue weighted by molar-refractivity contribution is 6.00. The third-order valence-corrected chi connectivity index (χ3v) is 5.92. The fraction of sp³-hybridized carbons (Fsp3) is 0.0690. The molecule has 0 aliphatic heterocycles. The van der Waals surface area contributed by atoms with Gasteiger partial charge in [-0.05, 0) is 54.1 Å². The van der Waals surface area contributed by atoms with Crippen LogP contribution in [0.15, 0.2) is 109 Å². The standard InChI is InChI=1S/C29H25N5O2/c1-34-25-15-9-8-14-24(25)32-27(34)26(20-10-4-2-5-11-20)33-28(35)21-16-18-23(19-17-21)31-29(36)30-22-12-6-3-7-13-22/h2-19,26H,1H3,(H,33,35)(H2,30,31,36). The highest BCUT2D eigenvalue weighted by atomic mass is 16.2. The molecule has 1 heterocycles. The summed E-state index contributed by atoms with van der Waals surface area (Å²) in [6.45, 7) is 0. The van der Waals surface area contributed by atoms with Crippen LogP contribution >= 0.6 is 0 Å². The Balaban J connectivity index is 1.34. The van der Waals surface area contributed by atoms with Crippen LogP contribution in [0.4, 0.5) is 16.2 Å². The minimum Gasteiger partial charge on any atom is -0.338 e. The lowest BCUT2D eigenvalue weighted by atomic mass is 10.1. The summed E-state index contributed by atoms with van der Waals surface area (Å²) in [5.74, 6) is 0.503. The lowest BCUT2D eigenvalue weighted by Crippen LogP contribution is -2.31. The first-order chi connectivity index (χ1) is 17.6. The van der Waals surface area contributed by atoms with Crippen LogP contribution in [0, 0.1) is 0 Å². The normalized spacial score (nSPS) is 11.6. The lowest BCUT2D eigenvalue weighted by molar-refractivity contribution is 0.0941. The van der Waals surface area contributed by atoms with Crippen LogP contribution in [-0.2, 0) is 7.05 Å². The average molecular weight is 476 g/mol. The Hall–Kier alpha value is -4.91. The highest BCUT2D eigenvalue weighted by Crippen LogP contribution is 2.25. The molecule has 5 rings (SSSR count). The van der Waals surface area contributed by atoms with Crippen molar-refractivity contribution < 1.29 is 9.59 Å². The van der Waals surface area contributed by atoms with E-state index < -0.39 is 6.04 Å². The molecule has 0 saturated carbocycles. The smallest absolute Gasteiger partial charge is 0.323 e. The molecule has 1 unspecified atom stereocenters. The fourth-order valence-corrected chi connectivity index (χ4v) is 4.10. The number of nitrogens with zero attached hydrogens (tertiary/aromatic N) is 2. The van der Waals surface area contributed by atoms with Gasteiger partial charge in [0.15, 0.2) is 0 Å². The summed E-state index contributed by atoms with van der Waals surface area (Å²) in [7, 11) is 1.95. The number of amides is 3. The summed E-state index contributed by atoms with van der Waals surface area (Å²) >= 11 is 0. The molecule has 7 nitrogen and oxygen atoms in total. The number of para-hydroxylation sites is 3. The predicted molar refractivity (Wildman–Crippen MR) is 142 cm³/mol. The number of benzene rings is 4. The summed E-state index contributed by atoms with van der Waals surface area (Å²) in [4.78, 5) is 30.3. The summed E-state index contributed by atoms with van der Waals surface area (Å²) in [6, 6.07) is 32.8. The SMILES string of the molecule is Cn1c(C(NC(=O)c2ccc(NC(=O)Nc3ccccc3)cc2)c2ccccc2)nc2ccccc21. The zero-order valence-corrected chi connectivity index (χ0v) is 19.7. The van der Waals surface area contributed by atoms with E-state index in [1.165, 1.54) is 0 Å². The molecule has 0 spiro atoms. The topological polar surface area (TPSA) is 88.0 Å². The molecule has 0 fully saturated rings. The number of aryl methyl sites for hydroxylation is 1. The van der Waals surface area contributed by atoms with Gasteiger partial charge < -0.3 is 20.5 Å². The molecule has 0 bridgehead atoms. The molecule has 7 heteroatoms. The Kier molecular flexibility index (Phi) is 6.44. The Labute approximate surface area is 208 Å². The molecular weight excluding hydrogens is 450 g/mol. The van der Waals surface area contributed by atoms with Crippen molar-refractivity contribution in [3.05, 3.63) is 126 Å². The van der Waals surface area contributed by atoms with Crippen LogP contribution in [-0.4, -0.2) is 21.5 Å². The number of carbonyl (C=O) groups is 2. The van der Waals surface area contributed by atoms with Crippen molar-refractivity contribution in [3.8, 4) is 0 Å². The molecule has 0 saturated heterocycles. The van der Waals surface area contributed by atoms with Gasteiger partial charge in [0.1, 0.15) is 11.9 Å². The molecule has 0 aliphatic carbocycles. The number of fused-ring (bicyclic) bond motifs is 1. The molecule has 0 radical (unpaired) electrons. The lowest BCUT2D eigenvalue weighted by Gasteiger charge is -2.19. The van der Waals surface area contributed by atoms with E-state index in [1.807, 2.05) is 84.4 Å². The Morgan fingerprint density at radius 3 is 1.97 bits per heavy atom. The Morgan fingerprint density at radius 1 is 0.722 bits per heavy atom. The first kappa shape index (κ1) is 22.9. The summed E-state index contributed by atoms with van der Waals surface area (Å²) in [5, 5.41) is 8.68. The van der Waals surface area contributed by atoms with Crippen molar-refractivity contribution in [1.29, 1.82) is 0 Å². The molecule has 1 atom stereocenters. The summed E-state index contributed by atoms with van der Waals surface area (Å²) in [6.07, 6.45) is 0. The maximum atomic E-state index is 13.3. The Bertz CT molecular complexity index is 1500. The van der Waals surface area contributed by atoms with Crippen molar-refractivity contribution in [1.82, 2.24) is 14.9 Å². The number of imidazole rings is 1. The van der Waals surface area contributed by atoms with Gasteiger partial charge in [-0.3, -0.25) is 4.79 Å². The number of rotatable bonds is 6. The second-order valence-electron chi connectivity index (χ2n) is 8.36. The van der Waals surface area contributed by atoms with Gasteiger partial charge in [0.25, 0.3) is 5.91 Å². The zero-order chi connectivity index (χ0) is 24.9. The van der Waals surface area contributed by atoms with Crippen LogP contribution in [0.25, 0.3) is 11.0 Å². The molecule has 5 aromatic rings. The first-order valence-electron chi connectivity index (χ1n) is 11.6. The number of hydrogen-bond donors (Lipinski definition) is 3. The molecule has 36 heavy (non-hydrogen) atoms. The zero-order valence-electron chi connectivity index (χ0n) is 19.7.